The van der Waals surface area contributed by atoms with Gasteiger partial charge in [-0.1, -0.05) is 0 Å². The second-order valence-electron chi connectivity index (χ2n) is 7.70. The van der Waals surface area contributed by atoms with Gasteiger partial charge in [-0.2, -0.15) is 0 Å². The number of carbonyl (C=O) groups excluding carboxylic acids is 1. The van der Waals surface area contributed by atoms with E-state index in [-0.39, 0.29) is 6.04 Å². The Labute approximate surface area is 151 Å². The molecule has 0 spiro atoms. The van der Waals surface area contributed by atoms with Crippen molar-refractivity contribution >= 4 is 21.8 Å². The summed E-state index contributed by atoms with van der Waals surface area (Å²) in [6.07, 6.45) is 6.56. The van der Waals surface area contributed by atoms with E-state index in [9.17, 15) is 4.79 Å². The Balaban J connectivity index is 1.22. The molecule has 0 radical (unpaired) electrons. The van der Waals surface area contributed by atoms with Crippen LogP contribution in [0.15, 0.2) is 22.8 Å². The van der Waals surface area contributed by atoms with Crippen LogP contribution in [0, 0.1) is 0 Å². The standard InChI is InChI=1S/C18H23BrN4O/c19-12-1-2-13(20-8-12)9-21-10-16-7-15(21)11-23(16)17-5-6-22(18(17)24)14-3-4-14/h1-2,8,14-17H,3-7,9-11H2. The molecule has 1 aromatic rings. The highest BCUT2D eigenvalue weighted by atomic mass is 79.9. The minimum atomic E-state index is 0.161. The number of carbonyl (C=O) groups is 1. The molecule has 3 saturated heterocycles. The maximum atomic E-state index is 12.7. The van der Waals surface area contributed by atoms with E-state index in [0.717, 1.165) is 42.8 Å². The minimum absolute atomic E-state index is 0.161. The maximum absolute atomic E-state index is 12.7. The van der Waals surface area contributed by atoms with Crippen molar-refractivity contribution in [2.24, 2.45) is 0 Å². The van der Waals surface area contributed by atoms with Gasteiger partial charge in [-0.3, -0.25) is 19.6 Å². The van der Waals surface area contributed by atoms with Gasteiger partial charge in [0.1, 0.15) is 0 Å². The lowest BCUT2D eigenvalue weighted by Gasteiger charge is -2.36. The molecule has 2 bridgehead atoms. The van der Waals surface area contributed by atoms with Gasteiger partial charge in [0.15, 0.2) is 0 Å². The van der Waals surface area contributed by atoms with Crippen molar-refractivity contribution in [2.75, 3.05) is 19.6 Å². The van der Waals surface area contributed by atoms with Gasteiger partial charge in [-0.15, -0.1) is 0 Å². The molecule has 6 heteroatoms. The number of likely N-dealkylation sites (tertiary alicyclic amines) is 3. The largest absolute Gasteiger partial charge is 0.338 e. The average Bonchev–Trinajstić information content (AvgIpc) is 3.06. The summed E-state index contributed by atoms with van der Waals surface area (Å²) in [4.78, 5) is 24.4. The van der Waals surface area contributed by atoms with Crippen molar-refractivity contribution in [1.29, 1.82) is 0 Å². The van der Waals surface area contributed by atoms with Crippen LogP contribution in [-0.2, 0) is 11.3 Å². The highest BCUT2D eigenvalue weighted by Crippen LogP contribution is 2.38. The molecule has 24 heavy (non-hydrogen) atoms. The van der Waals surface area contributed by atoms with Crippen LogP contribution in [-0.4, -0.2) is 69.4 Å². The first kappa shape index (κ1) is 15.3. The average molecular weight is 391 g/mol. The maximum Gasteiger partial charge on any atom is 0.240 e. The van der Waals surface area contributed by atoms with E-state index >= 15 is 0 Å². The van der Waals surface area contributed by atoms with Crippen molar-refractivity contribution in [3.63, 3.8) is 0 Å². The molecule has 5 rings (SSSR count). The monoisotopic (exact) mass is 390 g/mol. The lowest BCUT2D eigenvalue weighted by Crippen LogP contribution is -2.52. The first-order valence-electron chi connectivity index (χ1n) is 9.10. The van der Waals surface area contributed by atoms with E-state index in [1.54, 1.807) is 0 Å². The molecule has 3 unspecified atom stereocenters. The molecule has 1 aromatic heterocycles. The van der Waals surface area contributed by atoms with Gasteiger partial charge in [0.25, 0.3) is 0 Å². The van der Waals surface area contributed by atoms with E-state index in [2.05, 4.69) is 47.7 Å². The third-order valence-electron chi connectivity index (χ3n) is 6.15. The summed E-state index contributed by atoms with van der Waals surface area (Å²) >= 11 is 3.44. The zero-order valence-corrected chi connectivity index (χ0v) is 15.4. The summed E-state index contributed by atoms with van der Waals surface area (Å²) in [5, 5.41) is 0. The van der Waals surface area contributed by atoms with Crippen LogP contribution in [0.5, 0.6) is 0 Å². The molecule has 1 aliphatic carbocycles. The van der Waals surface area contributed by atoms with Crippen molar-refractivity contribution < 1.29 is 4.79 Å². The number of pyridine rings is 1. The van der Waals surface area contributed by atoms with Gasteiger partial charge >= 0.3 is 0 Å². The second-order valence-corrected chi connectivity index (χ2v) is 8.62. The third-order valence-corrected chi connectivity index (χ3v) is 6.62. The highest BCUT2D eigenvalue weighted by Gasteiger charge is 2.50. The number of hydrogen-bond donors (Lipinski definition) is 0. The molecule has 0 aromatic carbocycles. The summed E-state index contributed by atoms with van der Waals surface area (Å²) in [5.41, 5.74) is 1.13. The van der Waals surface area contributed by atoms with E-state index < -0.39 is 0 Å². The molecule has 4 heterocycles. The van der Waals surface area contributed by atoms with Gasteiger partial charge in [0.05, 0.1) is 11.7 Å². The minimum Gasteiger partial charge on any atom is -0.338 e. The van der Waals surface area contributed by atoms with Crippen molar-refractivity contribution in [3.05, 3.63) is 28.5 Å². The molecular formula is C18H23BrN4O. The van der Waals surface area contributed by atoms with Crippen LogP contribution in [0.4, 0.5) is 0 Å². The Hall–Kier alpha value is -0.980. The second kappa shape index (κ2) is 5.78. The molecular weight excluding hydrogens is 368 g/mol. The fraction of sp³-hybridized carbons (Fsp3) is 0.667. The summed E-state index contributed by atoms with van der Waals surface area (Å²) in [5.74, 6) is 0.408. The zero-order chi connectivity index (χ0) is 16.3. The number of fused-ring (bicyclic) bond motifs is 2. The molecule has 3 aliphatic heterocycles. The molecule has 5 nitrogen and oxygen atoms in total. The Bertz CT molecular complexity index is 647. The van der Waals surface area contributed by atoms with Crippen molar-refractivity contribution in [3.8, 4) is 0 Å². The van der Waals surface area contributed by atoms with E-state index in [0.29, 0.717) is 24.0 Å². The summed E-state index contributed by atoms with van der Waals surface area (Å²) in [7, 11) is 0. The van der Waals surface area contributed by atoms with Crippen molar-refractivity contribution in [2.45, 2.75) is 56.4 Å². The highest BCUT2D eigenvalue weighted by molar-refractivity contribution is 9.10. The summed E-state index contributed by atoms with van der Waals surface area (Å²) < 4.78 is 1.03. The number of halogens is 1. The van der Waals surface area contributed by atoms with Crippen LogP contribution >= 0.6 is 15.9 Å². The lowest BCUT2D eigenvalue weighted by atomic mass is 10.1. The topological polar surface area (TPSA) is 39.7 Å². The van der Waals surface area contributed by atoms with Crippen molar-refractivity contribution in [1.82, 2.24) is 19.7 Å². The van der Waals surface area contributed by atoms with Crippen LogP contribution in [0.25, 0.3) is 0 Å². The van der Waals surface area contributed by atoms with Crippen LogP contribution in [0.2, 0.25) is 0 Å². The Morgan fingerprint density at radius 3 is 2.67 bits per heavy atom. The predicted octanol–water partition coefficient (Wildman–Crippen LogP) is 1.87. The quantitative estimate of drug-likeness (QED) is 0.786. The normalized spacial score (nSPS) is 33.8. The third kappa shape index (κ3) is 2.59. The molecule has 3 atom stereocenters. The SMILES string of the molecule is O=C1C(N2CC3CC2CN3Cc2ccc(Br)cn2)CCN1C1CC1. The number of amides is 1. The molecule has 1 amide bonds. The van der Waals surface area contributed by atoms with E-state index in [4.69, 9.17) is 0 Å². The fourth-order valence-corrected chi connectivity index (χ4v) is 5.04. The Kier molecular flexibility index (Phi) is 3.68. The number of aromatic nitrogens is 1. The van der Waals surface area contributed by atoms with Gasteiger partial charge in [0, 0.05) is 55.0 Å². The molecule has 1 saturated carbocycles. The number of piperazine rings is 1. The summed E-state index contributed by atoms with van der Waals surface area (Å²) in [6, 6.07) is 6.03. The van der Waals surface area contributed by atoms with Gasteiger partial charge in [-0.25, -0.2) is 0 Å². The Morgan fingerprint density at radius 2 is 2.00 bits per heavy atom. The van der Waals surface area contributed by atoms with Crippen LogP contribution < -0.4 is 0 Å². The molecule has 4 fully saturated rings. The molecule has 4 aliphatic rings. The first-order chi connectivity index (χ1) is 11.7. The lowest BCUT2D eigenvalue weighted by molar-refractivity contribution is -0.133. The predicted molar refractivity (Wildman–Crippen MR) is 94.4 cm³/mol. The number of rotatable bonds is 4. The van der Waals surface area contributed by atoms with Crippen LogP contribution in [0.3, 0.4) is 0 Å². The molecule has 0 N–H and O–H groups in total. The fourth-order valence-electron chi connectivity index (χ4n) is 4.81. The number of hydrogen-bond acceptors (Lipinski definition) is 4. The molecule has 128 valence electrons. The van der Waals surface area contributed by atoms with E-state index in [1.807, 2.05) is 6.20 Å². The summed E-state index contributed by atoms with van der Waals surface area (Å²) in [6.45, 7) is 4.04. The number of nitrogens with zero attached hydrogens (tertiary/aromatic N) is 4. The van der Waals surface area contributed by atoms with E-state index in [1.165, 1.54) is 19.3 Å². The first-order valence-corrected chi connectivity index (χ1v) is 9.89. The van der Waals surface area contributed by atoms with Gasteiger partial charge < -0.3 is 4.90 Å². The Morgan fingerprint density at radius 1 is 1.12 bits per heavy atom. The smallest absolute Gasteiger partial charge is 0.240 e. The van der Waals surface area contributed by atoms with Crippen LogP contribution in [0.1, 0.15) is 31.4 Å². The van der Waals surface area contributed by atoms with Gasteiger partial charge in [0.2, 0.25) is 5.91 Å². The van der Waals surface area contributed by atoms with Gasteiger partial charge in [-0.05, 0) is 53.7 Å². The zero-order valence-electron chi connectivity index (χ0n) is 13.8.